The zero-order chi connectivity index (χ0) is 52.9. The van der Waals surface area contributed by atoms with Crippen LogP contribution in [-0.4, -0.2) is 48.6 Å². The largest absolute Gasteiger partial charge is 0.493 e. The highest BCUT2D eigenvalue weighted by Gasteiger charge is 2.17. The molecule has 0 saturated heterocycles. The van der Waals surface area contributed by atoms with E-state index in [1.807, 2.05) is 36.4 Å². The van der Waals surface area contributed by atoms with Crippen molar-refractivity contribution in [3.05, 3.63) is 127 Å². The van der Waals surface area contributed by atoms with Gasteiger partial charge in [0.1, 0.15) is 46.3 Å². The van der Waals surface area contributed by atoms with Gasteiger partial charge in [0.05, 0.1) is 26.4 Å². The van der Waals surface area contributed by atoms with E-state index in [1.165, 1.54) is 34.4 Å². The van der Waals surface area contributed by atoms with Crippen molar-refractivity contribution in [2.45, 2.75) is 156 Å². The van der Waals surface area contributed by atoms with Gasteiger partial charge < -0.3 is 29.2 Å². The molecular formula is C64H78N2O8. The minimum Gasteiger partial charge on any atom is -0.493 e. The van der Waals surface area contributed by atoms with Crippen LogP contribution in [0.4, 0.5) is 0 Å². The number of aliphatic carboxylic acids is 2. The summed E-state index contributed by atoms with van der Waals surface area (Å²) in [5, 5.41) is 38.9. The van der Waals surface area contributed by atoms with Crippen molar-refractivity contribution in [1.82, 2.24) is 0 Å². The van der Waals surface area contributed by atoms with E-state index in [2.05, 4.69) is 88.4 Å². The summed E-state index contributed by atoms with van der Waals surface area (Å²) in [7, 11) is 0. The van der Waals surface area contributed by atoms with Gasteiger partial charge in [0.15, 0.2) is 0 Å². The van der Waals surface area contributed by atoms with Crippen molar-refractivity contribution in [3.8, 4) is 35.1 Å². The lowest BCUT2D eigenvalue weighted by Gasteiger charge is -2.17. The summed E-state index contributed by atoms with van der Waals surface area (Å²) in [6, 6.07) is 24.6. The zero-order valence-corrected chi connectivity index (χ0v) is 44.4. The van der Waals surface area contributed by atoms with Gasteiger partial charge in [-0.2, -0.15) is 10.5 Å². The smallest absolute Gasteiger partial charge is 0.346 e. The van der Waals surface area contributed by atoms with E-state index in [0.717, 1.165) is 151 Å². The Bertz CT molecular complexity index is 2500. The molecule has 4 aliphatic carbocycles. The fraction of sp³-hybridized carbons (Fsp3) is 0.438. The van der Waals surface area contributed by atoms with Gasteiger partial charge in [-0.3, -0.25) is 0 Å². The Kier molecular flexibility index (Phi) is 25.2. The molecule has 10 nitrogen and oxygen atoms in total. The second-order valence-electron chi connectivity index (χ2n) is 19.2. The maximum absolute atomic E-state index is 12.0. The first kappa shape index (κ1) is 57.9. The van der Waals surface area contributed by atoms with Crippen LogP contribution in [0, 0.1) is 22.7 Å². The first-order valence-electron chi connectivity index (χ1n) is 27.3. The molecule has 2 N–H and O–H groups in total. The first-order chi connectivity index (χ1) is 36.1. The Labute approximate surface area is 441 Å². The number of hydrogen-bond acceptors (Lipinski definition) is 8. The van der Waals surface area contributed by atoms with Crippen molar-refractivity contribution in [2.24, 2.45) is 0 Å². The van der Waals surface area contributed by atoms with E-state index >= 15 is 0 Å². The summed E-state index contributed by atoms with van der Waals surface area (Å²) in [6.07, 6.45) is 30.9. The number of nitrogens with zero attached hydrogens (tertiary/aromatic N) is 2. The van der Waals surface area contributed by atoms with Gasteiger partial charge in [0.25, 0.3) is 0 Å². The Balaban J connectivity index is 1.49. The minimum atomic E-state index is -1.29. The third kappa shape index (κ3) is 18.8. The maximum atomic E-state index is 12.0. The molecule has 0 aromatic heterocycles. The molecule has 0 atom stereocenters. The fourth-order valence-corrected chi connectivity index (χ4v) is 8.89. The third-order valence-corrected chi connectivity index (χ3v) is 13.3. The number of carboxylic acids is 2. The Morgan fingerprint density at radius 3 is 1.05 bits per heavy atom. The molecule has 0 saturated carbocycles. The lowest BCUT2D eigenvalue weighted by Crippen LogP contribution is -2.04. The van der Waals surface area contributed by atoms with Crippen molar-refractivity contribution in [1.29, 1.82) is 10.5 Å². The van der Waals surface area contributed by atoms with Crippen molar-refractivity contribution < 1.29 is 38.7 Å². The van der Waals surface area contributed by atoms with E-state index in [-0.39, 0.29) is 11.1 Å². The van der Waals surface area contributed by atoms with Crippen LogP contribution in [0.15, 0.2) is 71.8 Å². The fourth-order valence-electron chi connectivity index (χ4n) is 8.89. The number of unbranched alkanes of at least 4 members (excludes halogenated alkanes) is 12. The molecule has 0 amide bonds. The van der Waals surface area contributed by atoms with E-state index in [9.17, 15) is 30.3 Å². The highest BCUT2D eigenvalue weighted by Crippen LogP contribution is 2.36. The number of hydrogen-bond donors (Lipinski definition) is 2. The number of aryl methyl sites for hydroxylation is 4. The molecule has 8 rings (SSSR count). The molecule has 0 radical (unpaired) electrons. The predicted octanol–water partition coefficient (Wildman–Crippen LogP) is 15.7. The van der Waals surface area contributed by atoms with Crippen LogP contribution in [0.1, 0.15) is 186 Å². The lowest BCUT2D eigenvalue weighted by atomic mass is 9.90. The maximum Gasteiger partial charge on any atom is 0.346 e. The molecule has 0 spiro atoms. The van der Waals surface area contributed by atoms with Crippen LogP contribution < -0.4 is 18.9 Å². The monoisotopic (exact) mass is 1000 g/mol. The average molecular weight is 1000 g/mol. The van der Waals surface area contributed by atoms with E-state index < -0.39 is 11.9 Å². The molecule has 4 aliphatic rings. The normalized spacial score (nSPS) is 12.6. The minimum absolute atomic E-state index is 0.375. The van der Waals surface area contributed by atoms with Crippen LogP contribution >= 0.6 is 0 Å². The molecular weight excluding hydrogens is 925 g/mol. The Morgan fingerprint density at radius 1 is 0.432 bits per heavy atom. The highest BCUT2D eigenvalue weighted by molar-refractivity contribution is 5.98. The summed E-state index contributed by atoms with van der Waals surface area (Å²) < 4.78 is 25.5. The lowest BCUT2D eigenvalue weighted by molar-refractivity contribution is -0.133. The van der Waals surface area contributed by atoms with Gasteiger partial charge in [0.2, 0.25) is 0 Å². The number of rotatable bonds is 32. The number of benzene rings is 4. The van der Waals surface area contributed by atoms with Crippen molar-refractivity contribution in [2.75, 3.05) is 26.4 Å². The number of carbonyl (C=O) groups is 2. The summed E-state index contributed by atoms with van der Waals surface area (Å²) in [5.74, 6) is -0.363. The van der Waals surface area contributed by atoms with Gasteiger partial charge >= 0.3 is 11.9 Å². The predicted molar refractivity (Wildman–Crippen MR) is 299 cm³/mol. The number of nitriles is 2. The number of ether oxygens (including phenoxy) is 4. The molecule has 10 heteroatoms. The van der Waals surface area contributed by atoms with E-state index in [4.69, 9.17) is 18.9 Å². The average Bonchev–Trinajstić information content (AvgIpc) is 3.39. The Morgan fingerprint density at radius 2 is 0.743 bits per heavy atom. The third-order valence-electron chi connectivity index (χ3n) is 13.3. The van der Waals surface area contributed by atoms with Crippen LogP contribution in [0.25, 0.3) is 36.5 Å². The number of carboxylic acid groups (broad SMARTS) is 2. The molecule has 0 fully saturated rings. The molecule has 4 aromatic carbocycles. The van der Waals surface area contributed by atoms with Crippen LogP contribution in [0.2, 0.25) is 0 Å². The van der Waals surface area contributed by atoms with Gasteiger partial charge in [0, 0.05) is 22.3 Å². The SMILES string of the molecule is CCCCCCOc1cc(/C=C/c2cc3ccc2CCc2ccc(c(/C=C/c4cc(OCCCCCC)c(/C=C(\C#N)C(=O)O)cc4OCCCCCC)c2)CC3)c(OCCCCCC)cc1/C=C(/C#N)C(=O)O. The van der Waals surface area contributed by atoms with Crippen LogP contribution in [0.3, 0.4) is 0 Å². The molecule has 0 unspecified atom stereocenters. The standard InChI is InChI=1S/C64H78N2O8/c1-5-9-13-17-33-71-59-43-55(39-57(45-65)63(67)68)61(73-35-19-15-11-7-3)41-53(59)31-29-51-37-47-21-25-49(51)27-23-48-22-26-50(28-24-47)52(38-48)30-32-54-42-62(74-36-20-16-12-8-4)56(40-58(46-66)64(69)70)44-60(54)72-34-18-14-10-6-2/h21-22,25-26,29-32,37-44H,5-20,23-24,27-28,33-36H2,1-4H3,(H,67,68)(H,69,70)/b31-29+,32-30+,57-39-,58-40+. The molecule has 74 heavy (non-hydrogen) atoms. The zero-order valence-electron chi connectivity index (χ0n) is 44.4. The molecule has 4 aromatic rings. The van der Waals surface area contributed by atoms with E-state index in [1.54, 1.807) is 0 Å². The molecule has 4 bridgehead atoms. The first-order valence-corrected chi connectivity index (χ1v) is 27.3. The topological polar surface area (TPSA) is 159 Å². The van der Waals surface area contributed by atoms with Crippen molar-refractivity contribution in [3.63, 3.8) is 0 Å². The molecule has 0 aliphatic heterocycles. The quantitative estimate of drug-likeness (QED) is 0.0209. The van der Waals surface area contributed by atoms with Crippen molar-refractivity contribution >= 4 is 48.4 Å². The highest BCUT2D eigenvalue weighted by atomic mass is 16.5. The second kappa shape index (κ2) is 32.2. The summed E-state index contributed by atoms with van der Waals surface area (Å²) in [4.78, 5) is 23.9. The van der Waals surface area contributed by atoms with Crippen LogP contribution in [0.5, 0.6) is 23.0 Å². The van der Waals surface area contributed by atoms with E-state index in [0.29, 0.717) is 60.6 Å². The van der Waals surface area contributed by atoms with Crippen LogP contribution in [-0.2, 0) is 35.3 Å². The van der Waals surface area contributed by atoms with Gasteiger partial charge in [-0.1, -0.05) is 165 Å². The summed E-state index contributed by atoms with van der Waals surface area (Å²) in [6.45, 7) is 10.6. The molecule has 392 valence electrons. The van der Waals surface area contributed by atoms with Gasteiger partial charge in [-0.05, 0) is 121 Å². The van der Waals surface area contributed by atoms with Gasteiger partial charge in [-0.25, -0.2) is 9.59 Å². The molecule has 0 heterocycles. The summed E-state index contributed by atoms with van der Waals surface area (Å²) >= 11 is 0. The second-order valence-corrected chi connectivity index (χ2v) is 19.2. The Hall–Kier alpha value is -7.04. The van der Waals surface area contributed by atoms with Gasteiger partial charge in [-0.15, -0.1) is 0 Å². The summed E-state index contributed by atoms with van der Waals surface area (Å²) in [5.41, 5.74) is 8.92.